The number of rotatable bonds is 2. The second kappa shape index (κ2) is 6.24. The largest absolute Gasteiger partial charge is 0.508 e. The molecule has 0 spiro atoms. The number of aromatic hydroxyl groups is 1. The Balaban J connectivity index is 2.13. The molecule has 1 aliphatic carbocycles. The lowest BCUT2D eigenvalue weighted by atomic mass is 9.87. The van der Waals surface area contributed by atoms with E-state index in [0.29, 0.717) is 11.8 Å². The van der Waals surface area contributed by atoms with Gasteiger partial charge in [0.15, 0.2) is 12.1 Å². The van der Waals surface area contributed by atoms with Gasteiger partial charge in [-0.15, -0.1) is 0 Å². The van der Waals surface area contributed by atoms with E-state index in [2.05, 4.69) is 13.1 Å². The number of aldehydes is 1. The first-order chi connectivity index (χ1) is 13.2. The van der Waals surface area contributed by atoms with Crippen molar-refractivity contribution in [2.45, 2.75) is 20.0 Å². The molecule has 0 radical (unpaired) electrons. The van der Waals surface area contributed by atoms with Crippen molar-refractivity contribution in [1.82, 2.24) is 0 Å². The van der Waals surface area contributed by atoms with E-state index in [1.807, 2.05) is 19.1 Å². The zero-order valence-corrected chi connectivity index (χ0v) is 16.8. The van der Waals surface area contributed by atoms with E-state index in [0.717, 1.165) is 32.7 Å². The molecule has 1 heterocycles. The van der Waals surface area contributed by atoms with Gasteiger partial charge in [-0.05, 0) is 81.6 Å². The summed E-state index contributed by atoms with van der Waals surface area (Å²) in [5.41, 5.74) is 4.15. The molecule has 1 N–H and O–H groups in total. The summed E-state index contributed by atoms with van der Waals surface area (Å²) in [5, 5.41) is 12.1. The number of ketones is 1. The molecule has 0 unspecified atom stereocenters. The van der Waals surface area contributed by atoms with Crippen LogP contribution >= 0.6 is 0 Å². The number of halogens is 1. The van der Waals surface area contributed by atoms with Crippen LogP contribution in [-0.4, -0.2) is 25.2 Å². The van der Waals surface area contributed by atoms with Crippen LogP contribution in [0.1, 0.15) is 27.0 Å². The number of hydrogen-bond donors (Lipinski definition) is 1. The Kier molecular flexibility index (Phi) is 4.08. The van der Waals surface area contributed by atoms with Crippen LogP contribution < -0.4 is 5.19 Å². The zero-order valence-electron chi connectivity index (χ0n) is 15.8. The zero-order chi connectivity index (χ0) is 20.2. The molecule has 0 aromatic heterocycles. The Labute approximate surface area is 163 Å². The summed E-state index contributed by atoms with van der Waals surface area (Å²) in [4.78, 5) is 23.2. The highest BCUT2D eigenvalue weighted by Gasteiger charge is 2.40. The van der Waals surface area contributed by atoms with Gasteiger partial charge < -0.3 is 5.11 Å². The number of fused-ring (bicyclic) bond motifs is 2. The van der Waals surface area contributed by atoms with Crippen LogP contribution in [0.3, 0.4) is 0 Å². The predicted molar refractivity (Wildman–Crippen MR) is 110 cm³/mol. The number of benzene rings is 2. The molecule has 0 fully saturated rings. The van der Waals surface area contributed by atoms with Gasteiger partial charge in [-0.2, -0.15) is 0 Å². The Morgan fingerprint density at radius 2 is 1.82 bits per heavy atom. The molecule has 2 aliphatic rings. The monoisotopic (exact) mass is 390 g/mol. The Hall–Kier alpha value is -3.05. The highest BCUT2D eigenvalue weighted by molar-refractivity contribution is 6.98. The van der Waals surface area contributed by atoms with Gasteiger partial charge in [0.25, 0.3) is 0 Å². The van der Waals surface area contributed by atoms with Gasteiger partial charge in [0.1, 0.15) is 19.6 Å². The van der Waals surface area contributed by atoms with E-state index in [4.69, 9.17) is 0 Å². The maximum absolute atomic E-state index is 14.5. The van der Waals surface area contributed by atoms with Crippen LogP contribution in [0.15, 0.2) is 59.3 Å². The lowest BCUT2D eigenvalue weighted by molar-refractivity contribution is -0.110. The molecular formula is C23H19FO3Si. The molecule has 2 aromatic carbocycles. The Morgan fingerprint density at radius 3 is 2.54 bits per heavy atom. The topological polar surface area (TPSA) is 54.4 Å². The highest BCUT2D eigenvalue weighted by atomic mass is 28.3. The third kappa shape index (κ3) is 2.62. The predicted octanol–water partition coefficient (Wildman–Crippen LogP) is 3.99. The molecule has 3 nitrogen and oxygen atoms in total. The number of phenolic OH excluding ortho intramolecular Hbond substituents is 1. The molecule has 140 valence electrons. The molecule has 0 saturated heterocycles. The van der Waals surface area contributed by atoms with E-state index < -0.39 is 13.9 Å². The quantitative estimate of drug-likeness (QED) is 0.623. The van der Waals surface area contributed by atoms with Crippen molar-refractivity contribution in [2.24, 2.45) is 0 Å². The summed E-state index contributed by atoms with van der Waals surface area (Å²) in [6.45, 7) is 6.13. The molecule has 5 heteroatoms. The van der Waals surface area contributed by atoms with Crippen molar-refractivity contribution >= 4 is 30.9 Å². The molecule has 0 atom stereocenters. The third-order valence-electron chi connectivity index (χ3n) is 5.62. The minimum Gasteiger partial charge on any atom is -0.508 e. The van der Waals surface area contributed by atoms with Crippen LogP contribution in [0.4, 0.5) is 4.39 Å². The van der Waals surface area contributed by atoms with E-state index in [1.54, 1.807) is 24.3 Å². The number of phenols is 1. The van der Waals surface area contributed by atoms with Crippen molar-refractivity contribution in [3.8, 4) is 5.75 Å². The van der Waals surface area contributed by atoms with Crippen LogP contribution in [0.5, 0.6) is 5.75 Å². The van der Waals surface area contributed by atoms with E-state index in [1.165, 1.54) is 12.1 Å². The third-order valence-corrected chi connectivity index (χ3v) is 9.14. The van der Waals surface area contributed by atoms with E-state index >= 15 is 0 Å². The van der Waals surface area contributed by atoms with E-state index in [9.17, 15) is 19.1 Å². The molecule has 2 aromatic rings. The fourth-order valence-corrected chi connectivity index (χ4v) is 7.23. The summed E-state index contributed by atoms with van der Waals surface area (Å²) in [6, 6.07) is 8.17. The number of aryl methyl sites for hydroxylation is 1. The first-order valence-corrected chi connectivity index (χ1v) is 12.0. The number of allylic oxidation sites excluding steroid dienone is 5. The fraction of sp³-hybridized carbons (Fsp3) is 0.130. The van der Waals surface area contributed by atoms with Crippen LogP contribution in [-0.2, 0) is 4.79 Å². The highest BCUT2D eigenvalue weighted by Crippen LogP contribution is 2.42. The van der Waals surface area contributed by atoms with Crippen molar-refractivity contribution in [1.29, 1.82) is 0 Å². The normalized spacial score (nSPS) is 17.1. The van der Waals surface area contributed by atoms with Crippen molar-refractivity contribution < 1.29 is 19.1 Å². The molecule has 0 bridgehead atoms. The van der Waals surface area contributed by atoms with Gasteiger partial charge in [0.05, 0.1) is 5.56 Å². The second-order valence-electron chi connectivity index (χ2n) is 7.74. The first kappa shape index (κ1) is 18.3. The lowest BCUT2D eigenvalue weighted by Crippen LogP contribution is -2.49. The summed E-state index contributed by atoms with van der Waals surface area (Å²) < 4.78 is 14.5. The van der Waals surface area contributed by atoms with Crippen molar-refractivity contribution in [2.75, 3.05) is 0 Å². The molecule has 0 saturated carbocycles. The standard InChI is InChI=1S/C23H19FO3Si/c1-13-8-14(12-25)20(24)11-19(13)23-17-6-4-15(26)9-21(17)28(2,3)22-10-16(27)5-7-18(22)23/h4-12,26H,1-3H3. The number of carbonyl (C=O) groups is 2. The summed E-state index contributed by atoms with van der Waals surface area (Å²) in [5.74, 6) is -0.478. The van der Waals surface area contributed by atoms with Crippen LogP contribution in [0.2, 0.25) is 13.1 Å². The molecule has 1 aliphatic heterocycles. The van der Waals surface area contributed by atoms with Gasteiger partial charge in [-0.25, -0.2) is 4.39 Å². The number of carbonyl (C=O) groups excluding carboxylic acids is 2. The van der Waals surface area contributed by atoms with Gasteiger partial charge in [0.2, 0.25) is 0 Å². The summed E-state index contributed by atoms with van der Waals surface area (Å²) in [7, 11) is -2.25. The van der Waals surface area contributed by atoms with Gasteiger partial charge in [-0.3, -0.25) is 9.59 Å². The molecular weight excluding hydrogens is 371 g/mol. The van der Waals surface area contributed by atoms with Gasteiger partial charge in [0, 0.05) is 0 Å². The molecule has 4 rings (SSSR count). The minimum absolute atomic E-state index is 0.0217. The maximum Gasteiger partial charge on any atom is 0.178 e. The lowest BCUT2D eigenvalue weighted by Gasteiger charge is -2.37. The average Bonchev–Trinajstić information content (AvgIpc) is 2.65. The van der Waals surface area contributed by atoms with Crippen LogP contribution in [0.25, 0.3) is 5.57 Å². The van der Waals surface area contributed by atoms with Crippen molar-refractivity contribution in [3.05, 3.63) is 87.4 Å². The summed E-state index contributed by atoms with van der Waals surface area (Å²) in [6.07, 6.45) is 5.51. The average molecular weight is 390 g/mol. The molecule has 28 heavy (non-hydrogen) atoms. The second-order valence-corrected chi connectivity index (χ2v) is 12.1. The van der Waals surface area contributed by atoms with Gasteiger partial charge in [-0.1, -0.05) is 25.2 Å². The van der Waals surface area contributed by atoms with Gasteiger partial charge >= 0.3 is 0 Å². The minimum atomic E-state index is -2.25. The fourth-order valence-electron chi connectivity index (χ4n) is 4.17. The summed E-state index contributed by atoms with van der Waals surface area (Å²) >= 11 is 0. The Morgan fingerprint density at radius 1 is 1.07 bits per heavy atom. The molecule has 0 amide bonds. The smallest absolute Gasteiger partial charge is 0.178 e. The maximum atomic E-state index is 14.5. The van der Waals surface area contributed by atoms with Crippen LogP contribution in [0, 0.1) is 12.7 Å². The number of hydrogen-bond acceptors (Lipinski definition) is 3. The first-order valence-electron chi connectivity index (χ1n) is 9.02. The Bertz CT molecular complexity index is 1150. The van der Waals surface area contributed by atoms with E-state index in [-0.39, 0.29) is 17.1 Å². The van der Waals surface area contributed by atoms with Crippen molar-refractivity contribution in [3.63, 3.8) is 0 Å². The SMILES string of the molecule is Cc1cc(C=O)c(F)cc1C1=C2C=CC(=O)C=C2[Si](C)(C)c2cc(O)ccc21.